The Morgan fingerprint density at radius 3 is 2.74 bits per heavy atom. The molecule has 0 radical (unpaired) electrons. The summed E-state index contributed by atoms with van der Waals surface area (Å²) >= 11 is 0. The summed E-state index contributed by atoms with van der Waals surface area (Å²) in [7, 11) is 2.01. The molecule has 1 N–H and O–H groups in total. The number of hydrogen-bond acceptors (Lipinski definition) is 3. The van der Waals surface area contributed by atoms with Gasteiger partial charge in [0.05, 0.1) is 24.4 Å². The second-order valence-electron chi connectivity index (χ2n) is 5.72. The van der Waals surface area contributed by atoms with Crippen LogP contribution in [-0.2, 0) is 4.74 Å². The maximum absolute atomic E-state index is 6.00. The minimum atomic E-state index is 0.257. The van der Waals surface area contributed by atoms with E-state index in [1.165, 1.54) is 18.4 Å². The quantitative estimate of drug-likeness (QED) is 0.883. The van der Waals surface area contributed by atoms with Crippen LogP contribution in [0.2, 0.25) is 0 Å². The van der Waals surface area contributed by atoms with E-state index in [4.69, 9.17) is 9.47 Å². The first-order valence-corrected chi connectivity index (χ1v) is 7.35. The molecule has 0 aromatic heterocycles. The molecule has 1 aliphatic heterocycles. The zero-order chi connectivity index (χ0) is 13.2. The van der Waals surface area contributed by atoms with Crippen LogP contribution in [0.25, 0.3) is 0 Å². The number of nitrogens with one attached hydrogen (secondary N) is 1. The highest BCUT2D eigenvalue weighted by Gasteiger charge is 2.30. The van der Waals surface area contributed by atoms with Crippen molar-refractivity contribution in [3.8, 4) is 5.75 Å². The molecule has 3 atom stereocenters. The van der Waals surface area contributed by atoms with Crippen LogP contribution < -0.4 is 10.1 Å². The standard InChI is InChI=1S/C16H23NO2/c1-11-6-9-15(18-11)16(17-2)12-4-3-5-14(10-12)19-13-7-8-13/h3-5,10-11,13,15-17H,6-9H2,1-2H3. The summed E-state index contributed by atoms with van der Waals surface area (Å²) in [4.78, 5) is 0. The van der Waals surface area contributed by atoms with Crippen LogP contribution in [-0.4, -0.2) is 25.4 Å². The van der Waals surface area contributed by atoms with Crippen molar-refractivity contribution in [2.24, 2.45) is 0 Å². The Morgan fingerprint density at radius 2 is 2.11 bits per heavy atom. The molecule has 1 heterocycles. The van der Waals surface area contributed by atoms with Crippen molar-refractivity contribution in [3.05, 3.63) is 29.8 Å². The zero-order valence-electron chi connectivity index (χ0n) is 11.8. The van der Waals surface area contributed by atoms with Gasteiger partial charge in [0.15, 0.2) is 0 Å². The summed E-state index contributed by atoms with van der Waals surface area (Å²) in [6.45, 7) is 2.15. The van der Waals surface area contributed by atoms with Crippen molar-refractivity contribution in [2.75, 3.05) is 7.05 Å². The monoisotopic (exact) mass is 261 g/mol. The normalized spacial score (nSPS) is 28.3. The second kappa shape index (κ2) is 5.51. The van der Waals surface area contributed by atoms with Crippen LogP contribution in [0.3, 0.4) is 0 Å². The predicted octanol–water partition coefficient (Wildman–Crippen LogP) is 3.06. The fraction of sp³-hybridized carbons (Fsp3) is 0.625. The highest BCUT2D eigenvalue weighted by molar-refractivity contribution is 5.31. The van der Waals surface area contributed by atoms with Crippen LogP contribution in [0.5, 0.6) is 5.75 Å². The van der Waals surface area contributed by atoms with Gasteiger partial charge in [-0.25, -0.2) is 0 Å². The van der Waals surface area contributed by atoms with Gasteiger partial charge in [0.1, 0.15) is 5.75 Å². The fourth-order valence-corrected chi connectivity index (χ4v) is 2.81. The van der Waals surface area contributed by atoms with E-state index in [-0.39, 0.29) is 12.1 Å². The highest BCUT2D eigenvalue weighted by Crippen LogP contribution is 2.32. The Balaban J connectivity index is 1.74. The van der Waals surface area contributed by atoms with Gasteiger partial charge in [0.2, 0.25) is 0 Å². The summed E-state index contributed by atoms with van der Waals surface area (Å²) in [5, 5.41) is 3.40. The second-order valence-corrected chi connectivity index (χ2v) is 5.72. The number of benzene rings is 1. The molecule has 1 saturated heterocycles. The average Bonchev–Trinajstić information content (AvgIpc) is 3.12. The van der Waals surface area contributed by atoms with Crippen LogP contribution >= 0.6 is 0 Å². The molecule has 3 heteroatoms. The SMILES string of the molecule is CNC(c1cccc(OC2CC2)c1)C1CCC(C)O1. The van der Waals surface area contributed by atoms with E-state index >= 15 is 0 Å². The average molecular weight is 261 g/mol. The van der Waals surface area contributed by atoms with Gasteiger partial charge in [-0.05, 0) is 57.4 Å². The van der Waals surface area contributed by atoms with E-state index in [1.807, 2.05) is 13.1 Å². The van der Waals surface area contributed by atoms with Crippen molar-refractivity contribution in [1.82, 2.24) is 5.32 Å². The van der Waals surface area contributed by atoms with E-state index in [0.717, 1.165) is 18.6 Å². The first-order valence-electron chi connectivity index (χ1n) is 7.35. The van der Waals surface area contributed by atoms with Gasteiger partial charge in [-0.2, -0.15) is 0 Å². The first kappa shape index (κ1) is 12.9. The number of ether oxygens (including phenoxy) is 2. The number of rotatable bonds is 5. The molecular formula is C16H23NO2. The lowest BCUT2D eigenvalue weighted by atomic mass is 9.99. The van der Waals surface area contributed by atoms with Crippen molar-refractivity contribution >= 4 is 0 Å². The minimum absolute atomic E-state index is 0.257. The molecule has 1 aliphatic carbocycles. The van der Waals surface area contributed by atoms with Gasteiger partial charge in [-0.15, -0.1) is 0 Å². The summed E-state index contributed by atoms with van der Waals surface area (Å²) in [5.41, 5.74) is 1.26. The highest BCUT2D eigenvalue weighted by atomic mass is 16.5. The largest absolute Gasteiger partial charge is 0.490 e. The van der Waals surface area contributed by atoms with Crippen LogP contribution in [0.1, 0.15) is 44.2 Å². The molecule has 0 amide bonds. The van der Waals surface area contributed by atoms with Gasteiger partial charge >= 0.3 is 0 Å². The Labute approximate surface area is 115 Å². The summed E-state index contributed by atoms with van der Waals surface area (Å²) in [6, 6.07) is 8.70. The van der Waals surface area contributed by atoms with Gasteiger partial charge < -0.3 is 14.8 Å². The van der Waals surface area contributed by atoms with E-state index in [1.54, 1.807) is 0 Å². The van der Waals surface area contributed by atoms with Crippen molar-refractivity contribution in [2.45, 2.75) is 57.0 Å². The topological polar surface area (TPSA) is 30.5 Å². The predicted molar refractivity (Wildman–Crippen MR) is 75.5 cm³/mol. The Bertz CT molecular complexity index is 431. The van der Waals surface area contributed by atoms with E-state index in [0.29, 0.717) is 12.2 Å². The third-order valence-electron chi connectivity index (χ3n) is 3.99. The molecule has 3 unspecified atom stereocenters. The molecule has 19 heavy (non-hydrogen) atoms. The summed E-state index contributed by atoms with van der Waals surface area (Å²) < 4.78 is 11.9. The van der Waals surface area contributed by atoms with Gasteiger partial charge in [-0.1, -0.05) is 12.1 Å². The first-order chi connectivity index (χ1) is 9.26. The molecule has 3 nitrogen and oxygen atoms in total. The maximum Gasteiger partial charge on any atom is 0.120 e. The van der Waals surface area contributed by atoms with Crippen molar-refractivity contribution in [1.29, 1.82) is 0 Å². The third kappa shape index (κ3) is 3.10. The molecule has 1 aromatic rings. The van der Waals surface area contributed by atoms with E-state index in [9.17, 15) is 0 Å². The molecule has 1 saturated carbocycles. The minimum Gasteiger partial charge on any atom is -0.490 e. The lowest BCUT2D eigenvalue weighted by Gasteiger charge is -2.24. The Kier molecular flexibility index (Phi) is 3.76. The smallest absolute Gasteiger partial charge is 0.120 e. The Hall–Kier alpha value is -1.06. The van der Waals surface area contributed by atoms with Crippen LogP contribution in [0, 0.1) is 0 Å². The molecule has 3 rings (SSSR count). The maximum atomic E-state index is 6.00. The van der Waals surface area contributed by atoms with E-state index in [2.05, 4.69) is 30.4 Å². The number of hydrogen-bond donors (Lipinski definition) is 1. The van der Waals surface area contributed by atoms with Crippen LogP contribution in [0.15, 0.2) is 24.3 Å². The Morgan fingerprint density at radius 1 is 1.26 bits per heavy atom. The molecular weight excluding hydrogens is 238 g/mol. The molecule has 104 valence electrons. The fourth-order valence-electron chi connectivity index (χ4n) is 2.81. The number of likely N-dealkylation sites (N-methyl/N-ethyl adjacent to an activating group) is 1. The molecule has 2 fully saturated rings. The van der Waals surface area contributed by atoms with Gasteiger partial charge in [0.25, 0.3) is 0 Å². The van der Waals surface area contributed by atoms with Crippen molar-refractivity contribution in [3.63, 3.8) is 0 Å². The van der Waals surface area contributed by atoms with Crippen LogP contribution in [0.4, 0.5) is 0 Å². The summed E-state index contributed by atoms with van der Waals surface area (Å²) in [6.07, 6.45) is 5.78. The molecule has 1 aromatic carbocycles. The lowest BCUT2D eigenvalue weighted by molar-refractivity contribution is 0.0333. The lowest BCUT2D eigenvalue weighted by Crippen LogP contribution is -2.29. The van der Waals surface area contributed by atoms with Crippen molar-refractivity contribution < 1.29 is 9.47 Å². The molecule has 0 spiro atoms. The summed E-state index contributed by atoms with van der Waals surface area (Å²) in [5.74, 6) is 0.992. The van der Waals surface area contributed by atoms with E-state index < -0.39 is 0 Å². The zero-order valence-corrected chi connectivity index (χ0v) is 11.8. The molecule has 2 aliphatic rings. The van der Waals surface area contributed by atoms with Gasteiger partial charge in [0, 0.05) is 0 Å². The third-order valence-corrected chi connectivity index (χ3v) is 3.99. The molecule has 0 bridgehead atoms. The van der Waals surface area contributed by atoms with Gasteiger partial charge in [-0.3, -0.25) is 0 Å².